The number of hydrogen-bond donors (Lipinski definition) is 2. The SMILES string of the molecule is OC(CNc1ccc2nnc(-c3ccccc3F)n2n1)CN1CCc2ccccc2C1. The van der Waals surface area contributed by atoms with E-state index in [0.29, 0.717) is 35.9 Å². The molecule has 0 radical (unpaired) electrons. The molecule has 2 aromatic carbocycles. The van der Waals surface area contributed by atoms with Crippen molar-refractivity contribution in [3.8, 4) is 11.4 Å². The van der Waals surface area contributed by atoms with Crippen molar-refractivity contribution >= 4 is 11.5 Å². The minimum atomic E-state index is -0.547. The van der Waals surface area contributed by atoms with Crippen molar-refractivity contribution in [1.29, 1.82) is 0 Å². The Hall–Kier alpha value is -3.36. The molecule has 2 aromatic heterocycles. The number of aromatic nitrogens is 4. The number of nitrogens with one attached hydrogen (secondary N) is 1. The molecule has 1 aliphatic heterocycles. The molecule has 4 aromatic rings. The van der Waals surface area contributed by atoms with Gasteiger partial charge in [0.2, 0.25) is 0 Å². The third-order valence-corrected chi connectivity index (χ3v) is 5.58. The van der Waals surface area contributed by atoms with Gasteiger partial charge in [0.05, 0.1) is 11.7 Å². The fourth-order valence-electron chi connectivity index (χ4n) is 3.99. The Kier molecular flexibility index (Phi) is 5.31. The molecular formula is C23H23FN6O. The zero-order valence-corrected chi connectivity index (χ0v) is 16.9. The highest BCUT2D eigenvalue weighted by Gasteiger charge is 2.19. The van der Waals surface area contributed by atoms with Gasteiger partial charge in [-0.15, -0.1) is 15.3 Å². The second-order valence-electron chi connectivity index (χ2n) is 7.78. The normalized spacial score (nSPS) is 15.0. The quantitative estimate of drug-likeness (QED) is 0.501. The Morgan fingerprint density at radius 3 is 2.68 bits per heavy atom. The standard InChI is InChI=1S/C23H23FN6O/c24-20-8-4-3-7-19(20)23-27-26-22-10-9-21(28-30(22)23)25-13-18(31)15-29-12-11-16-5-1-2-6-17(16)14-29/h1-10,18,31H,11-15H2,(H,25,28). The van der Waals surface area contributed by atoms with Gasteiger partial charge in [-0.25, -0.2) is 4.39 Å². The van der Waals surface area contributed by atoms with Crippen LogP contribution < -0.4 is 5.32 Å². The maximum Gasteiger partial charge on any atom is 0.188 e. The molecule has 1 aliphatic rings. The van der Waals surface area contributed by atoms with Gasteiger partial charge in [0.1, 0.15) is 11.6 Å². The summed E-state index contributed by atoms with van der Waals surface area (Å²) < 4.78 is 15.7. The maximum absolute atomic E-state index is 14.2. The van der Waals surface area contributed by atoms with E-state index in [1.807, 2.05) is 0 Å². The number of rotatable bonds is 6. The number of anilines is 1. The molecule has 0 bridgehead atoms. The van der Waals surface area contributed by atoms with Crippen LogP contribution in [0.4, 0.5) is 10.2 Å². The van der Waals surface area contributed by atoms with E-state index in [9.17, 15) is 9.50 Å². The van der Waals surface area contributed by atoms with Crippen LogP contribution in [0.2, 0.25) is 0 Å². The third kappa shape index (κ3) is 4.12. The Morgan fingerprint density at radius 1 is 1.00 bits per heavy atom. The minimum Gasteiger partial charge on any atom is -0.390 e. The van der Waals surface area contributed by atoms with Gasteiger partial charge in [0.25, 0.3) is 0 Å². The molecule has 7 nitrogen and oxygen atoms in total. The van der Waals surface area contributed by atoms with Crippen LogP contribution >= 0.6 is 0 Å². The molecule has 8 heteroatoms. The van der Waals surface area contributed by atoms with Crippen molar-refractivity contribution in [3.05, 3.63) is 77.6 Å². The first kappa shape index (κ1) is 19.6. The summed E-state index contributed by atoms with van der Waals surface area (Å²) in [4.78, 5) is 2.27. The molecule has 0 saturated carbocycles. The van der Waals surface area contributed by atoms with Crippen LogP contribution in [-0.4, -0.2) is 55.6 Å². The molecule has 31 heavy (non-hydrogen) atoms. The largest absolute Gasteiger partial charge is 0.390 e. The third-order valence-electron chi connectivity index (χ3n) is 5.58. The molecule has 158 valence electrons. The van der Waals surface area contributed by atoms with Crippen LogP contribution in [0, 0.1) is 5.82 Å². The summed E-state index contributed by atoms with van der Waals surface area (Å²) in [6.45, 7) is 2.72. The van der Waals surface area contributed by atoms with Crippen LogP contribution in [0.3, 0.4) is 0 Å². The van der Waals surface area contributed by atoms with E-state index in [-0.39, 0.29) is 5.82 Å². The zero-order chi connectivity index (χ0) is 21.2. The van der Waals surface area contributed by atoms with E-state index in [4.69, 9.17) is 0 Å². The van der Waals surface area contributed by atoms with Gasteiger partial charge >= 0.3 is 0 Å². The summed E-state index contributed by atoms with van der Waals surface area (Å²) in [5.74, 6) is 0.521. The second kappa shape index (κ2) is 8.41. The van der Waals surface area contributed by atoms with Crippen LogP contribution in [0.25, 0.3) is 17.0 Å². The molecule has 0 fully saturated rings. The van der Waals surface area contributed by atoms with Gasteiger partial charge in [-0.3, -0.25) is 4.90 Å². The lowest BCUT2D eigenvalue weighted by Gasteiger charge is -2.30. The van der Waals surface area contributed by atoms with Gasteiger partial charge in [0.15, 0.2) is 11.5 Å². The van der Waals surface area contributed by atoms with Gasteiger partial charge in [-0.05, 0) is 41.8 Å². The predicted molar refractivity (Wildman–Crippen MR) is 116 cm³/mol. The van der Waals surface area contributed by atoms with Gasteiger partial charge < -0.3 is 10.4 Å². The van der Waals surface area contributed by atoms with Crippen LogP contribution in [0.15, 0.2) is 60.7 Å². The molecule has 2 N–H and O–H groups in total. The fourth-order valence-corrected chi connectivity index (χ4v) is 3.99. The number of nitrogens with zero attached hydrogens (tertiary/aromatic N) is 5. The van der Waals surface area contributed by atoms with E-state index in [0.717, 1.165) is 19.5 Å². The number of aliphatic hydroxyl groups is 1. The summed E-state index contributed by atoms with van der Waals surface area (Å²) in [6, 6.07) is 18.4. The topological polar surface area (TPSA) is 78.6 Å². The van der Waals surface area contributed by atoms with Crippen LogP contribution in [0.1, 0.15) is 11.1 Å². The van der Waals surface area contributed by atoms with Crippen molar-refractivity contribution in [2.45, 2.75) is 19.1 Å². The van der Waals surface area contributed by atoms with E-state index in [2.05, 4.69) is 49.8 Å². The monoisotopic (exact) mass is 418 g/mol. The summed E-state index contributed by atoms with van der Waals surface area (Å²) in [6.07, 6.45) is 0.454. The van der Waals surface area contributed by atoms with E-state index in [1.165, 1.54) is 21.7 Å². The smallest absolute Gasteiger partial charge is 0.188 e. The van der Waals surface area contributed by atoms with Crippen molar-refractivity contribution in [2.75, 3.05) is 25.0 Å². The van der Waals surface area contributed by atoms with E-state index < -0.39 is 6.10 Å². The Bertz CT molecular complexity index is 1210. The lowest BCUT2D eigenvalue weighted by molar-refractivity contribution is 0.114. The molecule has 0 saturated heterocycles. The average Bonchev–Trinajstić information content (AvgIpc) is 3.21. The molecule has 0 spiro atoms. The van der Waals surface area contributed by atoms with Crippen molar-refractivity contribution in [2.24, 2.45) is 0 Å². The summed E-state index contributed by atoms with van der Waals surface area (Å²) in [7, 11) is 0. The van der Waals surface area contributed by atoms with Crippen molar-refractivity contribution in [3.63, 3.8) is 0 Å². The molecule has 5 rings (SSSR count). The Balaban J connectivity index is 1.25. The average molecular weight is 418 g/mol. The first-order chi connectivity index (χ1) is 15.2. The fraction of sp³-hybridized carbons (Fsp3) is 0.261. The van der Waals surface area contributed by atoms with Gasteiger partial charge in [0, 0.05) is 26.2 Å². The van der Waals surface area contributed by atoms with Gasteiger partial charge in [-0.1, -0.05) is 36.4 Å². The van der Waals surface area contributed by atoms with Crippen LogP contribution in [-0.2, 0) is 13.0 Å². The molecular weight excluding hydrogens is 395 g/mol. The second-order valence-corrected chi connectivity index (χ2v) is 7.78. The van der Waals surface area contributed by atoms with Gasteiger partial charge in [-0.2, -0.15) is 4.52 Å². The van der Waals surface area contributed by atoms with E-state index in [1.54, 1.807) is 30.3 Å². The highest BCUT2D eigenvalue weighted by atomic mass is 19.1. The maximum atomic E-state index is 14.2. The summed E-state index contributed by atoms with van der Waals surface area (Å²) in [5.41, 5.74) is 3.58. The van der Waals surface area contributed by atoms with Crippen LogP contribution in [0.5, 0.6) is 0 Å². The minimum absolute atomic E-state index is 0.337. The number of β-amino-alcohol motifs (C(OH)–C–C–N with tert-alkyl or cyclic N) is 1. The number of hydrogen-bond acceptors (Lipinski definition) is 6. The number of benzene rings is 2. The summed E-state index contributed by atoms with van der Waals surface area (Å²) >= 11 is 0. The molecule has 0 aliphatic carbocycles. The first-order valence-corrected chi connectivity index (χ1v) is 10.4. The number of aliphatic hydroxyl groups excluding tert-OH is 1. The number of fused-ring (bicyclic) bond motifs is 2. The number of halogens is 1. The summed E-state index contributed by atoms with van der Waals surface area (Å²) in [5, 5.41) is 26.4. The lowest BCUT2D eigenvalue weighted by Crippen LogP contribution is -2.39. The molecule has 3 heterocycles. The van der Waals surface area contributed by atoms with Crippen molar-refractivity contribution in [1.82, 2.24) is 24.7 Å². The molecule has 1 unspecified atom stereocenters. The highest BCUT2D eigenvalue weighted by Crippen LogP contribution is 2.22. The molecule has 0 amide bonds. The highest BCUT2D eigenvalue weighted by molar-refractivity contribution is 5.60. The lowest BCUT2D eigenvalue weighted by atomic mass is 10.00. The Labute approximate surface area is 179 Å². The first-order valence-electron chi connectivity index (χ1n) is 10.4. The Morgan fingerprint density at radius 2 is 1.81 bits per heavy atom. The van der Waals surface area contributed by atoms with Crippen molar-refractivity contribution < 1.29 is 9.50 Å². The zero-order valence-electron chi connectivity index (χ0n) is 16.9. The predicted octanol–water partition coefficient (Wildman–Crippen LogP) is 2.76. The molecule has 1 atom stereocenters. The van der Waals surface area contributed by atoms with E-state index >= 15 is 0 Å².